The van der Waals surface area contributed by atoms with Crippen LogP contribution >= 0.6 is 0 Å². The third-order valence-corrected chi connectivity index (χ3v) is 5.32. The molecule has 2 N–H and O–H groups in total. The van der Waals surface area contributed by atoms with Crippen molar-refractivity contribution < 1.29 is 4.79 Å². The smallest absolute Gasteiger partial charge is 0.226 e. The topological polar surface area (TPSA) is 49.6 Å². The van der Waals surface area contributed by atoms with Gasteiger partial charge in [0.15, 0.2) is 0 Å². The minimum Gasteiger partial charge on any atom is -0.341 e. The Hall–Kier alpha value is -0.610. The quantitative estimate of drug-likeness (QED) is 0.864. The minimum absolute atomic E-state index is 0.0564. The maximum atomic E-state index is 12.4. The Kier molecular flexibility index (Phi) is 6.49. The Morgan fingerprint density at radius 2 is 1.76 bits per heavy atom. The third-order valence-electron chi connectivity index (χ3n) is 5.32. The number of amides is 1. The van der Waals surface area contributed by atoms with Gasteiger partial charge in [-0.25, -0.2) is 0 Å². The van der Waals surface area contributed by atoms with Gasteiger partial charge in [0, 0.05) is 32.2 Å². The summed E-state index contributed by atoms with van der Waals surface area (Å²) in [6.07, 6.45) is 8.16. The Morgan fingerprint density at radius 3 is 2.43 bits per heavy atom. The fraction of sp³-hybridized carbons (Fsp3) is 0.941. The van der Waals surface area contributed by atoms with Crippen LogP contribution in [-0.2, 0) is 4.79 Å². The van der Waals surface area contributed by atoms with Crippen molar-refractivity contribution in [3.05, 3.63) is 0 Å². The molecule has 0 aromatic heterocycles. The molecule has 2 atom stereocenters. The summed E-state index contributed by atoms with van der Waals surface area (Å²) in [4.78, 5) is 17.0. The van der Waals surface area contributed by atoms with Crippen molar-refractivity contribution >= 4 is 5.91 Å². The Bertz CT molecular complexity index is 326. The van der Waals surface area contributed by atoms with Gasteiger partial charge < -0.3 is 15.5 Å². The summed E-state index contributed by atoms with van der Waals surface area (Å²) >= 11 is 0. The van der Waals surface area contributed by atoms with Crippen molar-refractivity contribution in [2.45, 2.75) is 58.4 Å². The lowest BCUT2D eigenvalue weighted by Gasteiger charge is -2.29. The predicted molar refractivity (Wildman–Crippen MR) is 87.0 cm³/mol. The molecule has 1 aliphatic heterocycles. The van der Waals surface area contributed by atoms with E-state index in [9.17, 15) is 4.79 Å². The lowest BCUT2D eigenvalue weighted by Crippen LogP contribution is -2.43. The van der Waals surface area contributed by atoms with Gasteiger partial charge in [0.2, 0.25) is 5.91 Å². The second-order valence-corrected chi connectivity index (χ2v) is 7.13. The molecule has 4 heteroatoms. The maximum absolute atomic E-state index is 12.4. The number of carbonyl (C=O) groups excluding carboxylic acids is 1. The van der Waals surface area contributed by atoms with Gasteiger partial charge in [-0.2, -0.15) is 0 Å². The van der Waals surface area contributed by atoms with Gasteiger partial charge in [0.05, 0.1) is 5.92 Å². The normalized spacial score (nSPS) is 25.4. The molecule has 1 saturated carbocycles. The Balaban J connectivity index is 1.79. The van der Waals surface area contributed by atoms with E-state index in [1.807, 2.05) is 18.7 Å². The molecule has 0 bridgehead atoms. The standard InChI is InChI=1S/C17H33N3O/c1-14(15(2)18)17(21)20-10-6-9-19(11-12-20)13-16-7-4-3-5-8-16/h14-16H,3-13,18H2,1-2H3. The zero-order chi connectivity index (χ0) is 15.2. The highest BCUT2D eigenvalue weighted by Crippen LogP contribution is 2.24. The number of nitrogens with zero attached hydrogens (tertiary/aromatic N) is 2. The molecule has 4 nitrogen and oxygen atoms in total. The average Bonchev–Trinajstić information content (AvgIpc) is 2.72. The molecule has 2 fully saturated rings. The monoisotopic (exact) mass is 295 g/mol. The van der Waals surface area contributed by atoms with E-state index in [-0.39, 0.29) is 17.9 Å². The molecule has 0 spiro atoms. The summed E-state index contributed by atoms with van der Waals surface area (Å²) in [7, 11) is 0. The first-order valence-electron chi connectivity index (χ1n) is 8.84. The van der Waals surface area contributed by atoms with Gasteiger partial charge in [0.1, 0.15) is 0 Å². The van der Waals surface area contributed by atoms with Crippen LogP contribution in [0.15, 0.2) is 0 Å². The summed E-state index contributed by atoms with van der Waals surface area (Å²) in [5.41, 5.74) is 5.88. The van der Waals surface area contributed by atoms with E-state index in [0.29, 0.717) is 0 Å². The fourth-order valence-electron chi connectivity index (χ4n) is 3.62. The highest BCUT2D eigenvalue weighted by molar-refractivity contribution is 5.79. The number of hydrogen-bond donors (Lipinski definition) is 1. The molecular weight excluding hydrogens is 262 g/mol. The average molecular weight is 295 g/mol. The summed E-state index contributed by atoms with van der Waals surface area (Å²) in [6.45, 7) is 9.08. The van der Waals surface area contributed by atoms with Gasteiger partial charge in [-0.05, 0) is 38.6 Å². The van der Waals surface area contributed by atoms with Gasteiger partial charge in [-0.1, -0.05) is 26.2 Å². The van der Waals surface area contributed by atoms with E-state index in [0.717, 1.165) is 38.5 Å². The summed E-state index contributed by atoms with van der Waals surface area (Å²) in [5.74, 6) is 1.07. The summed E-state index contributed by atoms with van der Waals surface area (Å²) in [6, 6.07) is -0.0564. The first-order valence-corrected chi connectivity index (χ1v) is 8.84. The first-order chi connectivity index (χ1) is 10.1. The molecule has 122 valence electrons. The van der Waals surface area contributed by atoms with Crippen LogP contribution in [0, 0.1) is 11.8 Å². The highest BCUT2D eigenvalue weighted by atomic mass is 16.2. The van der Waals surface area contributed by atoms with Crippen LogP contribution in [0.5, 0.6) is 0 Å². The van der Waals surface area contributed by atoms with E-state index in [1.54, 1.807) is 0 Å². The first kappa shape index (κ1) is 16.8. The van der Waals surface area contributed by atoms with Crippen LogP contribution in [0.2, 0.25) is 0 Å². The molecule has 2 aliphatic rings. The van der Waals surface area contributed by atoms with Crippen molar-refractivity contribution in [3.8, 4) is 0 Å². The van der Waals surface area contributed by atoms with Gasteiger partial charge >= 0.3 is 0 Å². The van der Waals surface area contributed by atoms with Crippen molar-refractivity contribution in [2.75, 3.05) is 32.7 Å². The zero-order valence-electron chi connectivity index (χ0n) is 13.9. The lowest BCUT2D eigenvalue weighted by molar-refractivity contribution is -0.135. The lowest BCUT2D eigenvalue weighted by atomic mass is 9.89. The molecule has 1 saturated heterocycles. The maximum Gasteiger partial charge on any atom is 0.226 e. The van der Waals surface area contributed by atoms with Crippen LogP contribution in [0.3, 0.4) is 0 Å². The number of nitrogens with two attached hydrogens (primary N) is 1. The predicted octanol–water partition coefficient (Wildman–Crippen LogP) is 2.08. The minimum atomic E-state index is -0.0603. The molecule has 2 unspecified atom stereocenters. The second kappa shape index (κ2) is 8.14. The van der Waals surface area contributed by atoms with E-state index >= 15 is 0 Å². The van der Waals surface area contributed by atoms with Crippen molar-refractivity contribution in [1.29, 1.82) is 0 Å². The van der Waals surface area contributed by atoms with Crippen LogP contribution < -0.4 is 5.73 Å². The molecular formula is C17H33N3O. The molecule has 1 amide bonds. The van der Waals surface area contributed by atoms with E-state index in [2.05, 4.69) is 4.90 Å². The van der Waals surface area contributed by atoms with Gasteiger partial charge in [-0.3, -0.25) is 4.79 Å². The highest BCUT2D eigenvalue weighted by Gasteiger charge is 2.26. The molecule has 1 aliphatic carbocycles. The van der Waals surface area contributed by atoms with E-state index in [1.165, 1.54) is 38.6 Å². The number of rotatable bonds is 4. The van der Waals surface area contributed by atoms with E-state index in [4.69, 9.17) is 5.73 Å². The Morgan fingerprint density at radius 1 is 1.05 bits per heavy atom. The van der Waals surface area contributed by atoms with Crippen molar-refractivity contribution in [3.63, 3.8) is 0 Å². The van der Waals surface area contributed by atoms with Crippen molar-refractivity contribution in [2.24, 2.45) is 17.6 Å². The van der Waals surface area contributed by atoms with Crippen LogP contribution in [0.4, 0.5) is 0 Å². The van der Waals surface area contributed by atoms with Crippen molar-refractivity contribution in [1.82, 2.24) is 9.80 Å². The Labute approximate surface area is 130 Å². The van der Waals surface area contributed by atoms with Crippen LogP contribution in [0.25, 0.3) is 0 Å². The largest absolute Gasteiger partial charge is 0.341 e. The SMILES string of the molecule is CC(N)C(C)C(=O)N1CCCN(CC2CCCCC2)CC1. The third kappa shape index (κ3) is 4.96. The van der Waals surface area contributed by atoms with Crippen LogP contribution in [0.1, 0.15) is 52.4 Å². The fourth-order valence-corrected chi connectivity index (χ4v) is 3.62. The second-order valence-electron chi connectivity index (χ2n) is 7.13. The van der Waals surface area contributed by atoms with Gasteiger partial charge in [0.25, 0.3) is 0 Å². The number of hydrogen-bond acceptors (Lipinski definition) is 3. The summed E-state index contributed by atoms with van der Waals surface area (Å²) in [5, 5.41) is 0. The molecule has 21 heavy (non-hydrogen) atoms. The van der Waals surface area contributed by atoms with Gasteiger partial charge in [-0.15, -0.1) is 0 Å². The number of carbonyl (C=O) groups is 1. The molecule has 2 rings (SSSR count). The zero-order valence-corrected chi connectivity index (χ0v) is 13.9. The molecule has 0 aromatic rings. The molecule has 1 heterocycles. The molecule has 0 radical (unpaired) electrons. The molecule has 0 aromatic carbocycles. The van der Waals surface area contributed by atoms with E-state index < -0.39 is 0 Å². The van der Waals surface area contributed by atoms with Crippen LogP contribution in [-0.4, -0.2) is 54.5 Å². The summed E-state index contributed by atoms with van der Waals surface area (Å²) < 4.78 is 0.